The minimum absolute atomic E-state index is 0.467. The molecule has 2 N–H and O–H groups in total. The molecule has 16 heavy (non-hydrogen) atoms. The molecule has 2 nitrogen and oxygen atoms in total. The Morgan fingerprint density at radius 1 is 1.06 bits per heavy atom. The monoisotopic (exact) mass is 233 g/mol. The van der Waals surface area contributed by atoms with Gasteiger partial charge in [-0.3, -0.25) is 0 Å². The van der Waals surface area contributed by atoms with Crippen LogP contribution in [0.4, 0.5) is 0 Å². The van der Waals surface area contributed by atoms with Crippen molar-refractivity contribution in [2.24, 2.45) is 5.73 Å². The van der Waals surface area contributed by atoms with Gasteiger partial charge in [0.25, 0.3) is 0 Å². The van der Waals surface area contributed by atoms with Gasteiger partial charge in [-0.15, -0.1) is 11.8 Å². The van der Waals surface area contributed by atoms with E-state index >= 15 is 0 Å². The Bertz CT molecular complexity index is 447. The molecule has 0 aliphatic rings. The highest BCUT2D eigenvalue weighted by molar-refractivity contribution is 7.98. The van der Waals surface area contributed by atoms with E-state index in [1.807, 2.05) is 12.1 Å². The number of aryl methyl sites for hydroxylation is 1. The summed E-state index contributed by atoms with van der Waals surface area (Å²) in [5.74, 6) is 2.67. The summed E-state index contributed by atoms with van der Waals surface area (Å²) >= 11 is 1.77. The van der Waals surface area contributed by atoms with Crippen molar-refractivity contribution in [1.29, 1.82) is 0 Å². The zero-order valence-corrected chi connectivity index (χ0v) is 10.1. The molecule has 2 aromatic rings. The van der Waals surface area contributed by atoms with Crippen molar-refractivity contribution in [2.45, 2.75) is 24.1 Å². The van der Waals surface area contributed by atoms with E-state index in [0.717, 1.165) is 17.3 Å². The van der Waals surface area contributed by atoms with E-state index in [4.69, 9.17) is 10.2 Å². The number of thioether (sulfide) groups is 1. The molecule has 0 aliphatic carbocycles. The van der Waals surface area contributed by atoms with E-state index in [0.29, 0.717) is 6.54 Å². The maximum atomic E-state index is 5.53. The molecule has 0 aliphatic heterocycles. The fourth-order valence-corrected chi connectivity index (χ4v) is 2.19. The third-order valence-electron chi connectivity index (χ3n) is 2.32. The first-order valence-corrected chi connectivity index (χ1v) is 6.23. The molecule has 0 fully saturated rings. The summed E-state index contributed by atoms with van der Waals surface area (Å²) in [4.78, 5) is 1.26. The lowest BCUT2D eigenvalue weighted by atomic mass is 10.2. The molecule has 0 amide bonds. The summed E-state index contributed by atoms with van der Waals surface area (Å²) in [5.41, 5.74) is 6.77. The smallest absolute Gasteiger partial charge is 0.117 e. The Balaban J connectivity index is 1.94. The first kappa shape index (κ1) is 11.3. The molecule has 84 valence electrons. The first-order valence-electron chi connectivity index (χ1n) is 5.25. The first-order chi connectivity index (χ1) is 7.78. The van der Waals surface area contributed by atoms with Gasteiger partial charge < -0.3 is 10.2 Å². The highest BCUT2D eigenvalue weighted by Gasteiger charge is 2.01. The van der Waals surface area contributed by atoms with Gasteiger partial charge in [-0.25, -0.2) is 0 Å². The van der Waals surface area contributed by atoms with Crippen molar-refractivity contribution in [3.8, 4) is 0 Å². The Morgan fingerprint density at radius 3 is 2.38 bits per heavy atom. The molecular formula is C13H15NOS. The highest BCUT2D eigenvalue weighted by Crippen LogP contribution is 2.23. The fourth-order valence-electron chi connectivity index (χ4n) is 1.40. The second-order valence-corrected chi connectivity index (χ2v) is 4.72. The predicted molar refractivity (Wildman–Crippen MR) is 67.3 cm³/mol. The fraction of sp³-hybridized carbons (Fsp3) is 0.231. The maximum Gasteiger partial charge on any atom is 0.117 e. The number of furan rings is 1. The van der Waals surface area contributed by atoms with Crippen LogP contribution in [0, 0.1) is 6.92 Å². The summed E-state index contributed by atoms with van der Waals surface area (Å²) in [5, 5.41) is 0. The van der Waals surface area contributed by atoms with Crippen LogP contribution in [0.3, 0.4) is 0 Å². The van der Waals surface area contributed by atoms with Crippen LogP contribution in [0.1, 0.15) is 17.1 Å². The van der Waals surface area contributed by atoms with Crippen LogP contribution < -0.4 is 5.73 Å². The SMILES string of the molecule is Cc1ccc(SCc2ccc(CN)o2)cc1. The largest absolute Gasteiger partial charge is 0.464 e. The normalized spacial score (nSPS) is 10.6. The Kier molecular flexibility index (Phi) is 3.70. The highest BCUT2D eigenvalue weighted by atomic mass is 32.2. The zero-order chi connectivity index (χ0) is 11.4. The third-order valence-corrected chi connectivity index (χ3v) is 3.35. The standard InChI is InChI=1S/C13H15NOS/c1-10-2-6-13(7-3-10)16-9-12-5-4-11(8-14)15-12/h2-7H,8-9,14H2,1H3. The van der Waals surface area contributed by atoms with Gasteiger partial charge in [-0.2, -0.15) is 0 Å². The van der Waals surface area contributed by atoms with Crippen LogP contribution in [0.25, 0.3) is 0 Å². The van der Waals surface area contributed by atoms with Gasteiger partial charge in [-0.05, 0) is 31.2 Å². The van der Waals surface area contributed by atoms with E-state index in [1.54, 1.807) is 11.8 Å². The number of hydrogen-bond acceptors (Lipinski definition) is 3. The molecule has 2 rings (SSSR count). The topological polar surface area (TPSA) is 39.2 Å². The van der Waals surface area contributed by atoms with Crippen LogP contribution in [0.2, 0.25) is 0 Å². The number of nitrogens with two attached hydrogens (primary N) is 1. The Labute approximate surface area is 99.8 Å². The van der Waals surface area contributed by atoms with Gasteiger partial charge in [-0.1, -0.05) is 17.7 Å². The average Bonchev–Trinajstić information content (AvgIpc) is 2.76. The predicted octanol–water partition coefficient (Wildman–Crippen LogP) is 3.34. The van der Waals surface area contributed by atoms with Crippen LogP contribution in [-0.4, -0.2) is 0 Å². The van der Waals surface area contributed by atoms with Gasteiger partial charge in [0.05, 0.1) is 12.3 Å². The van der Waals surface area contributed by atoms with Crippen molar-refractivity contribution in [1.82, 2.24) is 0 Å². The van der Waals surface area contributed by atoms with Gasteiger partial charge in [0, 0.05) is 4.90 Å². The summed E-state index contributed by atoms with van der Waals surface area (Å²) < 4.78 is 5.53. The van der Waals surface area contributed by atoms with Crippen LogP contribution in [-0.2, 0) is 12.3 Å². The molecule has 1 aromatic heterocycles. The number of hydrogen-bond donors (Lipinski definition) is 1. The van der Waals surface area contributed by atoms with Gasteiger partial charge in [0.1, 0.15) is 11.5 Å². The van der Waals surface area contributed by atoms with E-state index in [1.165, 1.54) is 10.5 Å². The molecule has 0 unspecified atom stereocenters. The molecule has 1 heterocycles. The second-order valence-electron chi connectivity index (χ2n) is 3.67. The minimum Gasteiger partial charge on any atom is -0.464 e. The van der Waals surface area contributed by atoms with Crippen molar-refractivity contribution < 1.29 is 4.42 Å². The summed E-state index contributed by atoms with van der Waals surface area (Å²) in [7, 11) is 0. The van der Waals surface area contributed by atoms with Crippen molar-refractivity contribution in [3.05, 3.63) is 53.5 Å². The summed E-state index contributed by atoms with van der Waals surface area (Å²) in [6, 6.07) is 12.4. The van der Waals surface area contributed by atoms with Crippen LogP contribution >= 0.6 is 11.8 Å². The Hall–Kier alpha value is -1.19. The average molecular weight is 233 g/mol. The Morgan fingerprint density at radius 2 is 1.75 bits per heavy atom. The van der Waals surface area contributed by atoms with Crippen molar-refractivity contribution in [2.75, 3.05) is 0 Å². The maximum absolute atomic E-state index is 5.53. The number of benzene rings is 1. The van der Waals surface area contributed by atoms with Gasteiger partial charge in [0.15, 0.2) is 0 Å². The van der Waals surface area contributed by atoms with Crippen molar-refractivity contribution >= 4 is 11.8 Å². The minimum atomic E-state index is 0.467. The molecule has 0 atom stereocenters. The molecular weight excluding hydrogens is 218 g/mol. The van der Waals surface area contributed by atoms with E-state index in [-0.39, 0.29) is 0 Å². The molecule has 0 spiro atoms. The molecule has 0 radical (unpaired) electrons. The lowest BCUT2D eigenvalue weighted by molar-refractivity contribution is 0.482. The van der Waals surface area contributed by atoms with Gasteiger partial charge in [0.2, 0.25) is 0 Å². The lowest BCUT2D eigenvalue weighted by Crippen LogP contribution is -1.92. The molecule has 0 saturated carbocycles. The number of rotatable bonds is 4. The molecule has 0 bridgehead atoms. The third kappa shape index (κ3) is 2.90. The molecule has 0 saturated heterocycles. The van der Waals surface area contributed by atoms with Gasteiger partial charge >= 0.3 is 0 Å². The zero-order valence-electron chi connectivity index (χ0n) is 9.27. The van der Waals surface area contributed by atoms with Crippen LogP contribution in [0.5, 0.6) is 0 Å². The lowest BCUT2D eigenvalue weighted by Gasteiger charge is -2.00. The van der Waals surface area contributed by atoms with Crippen LogP contribution in [0.15, 0.2) is 45.7 Å². The summed E-state index contributed by atoms with van der Waals surface area (Å²) in [6.45, 7) is 2.56. The molecule has 3 heteroatoms. The summed E-state index contributed by atoms with van der Waals surface area (Å²) in [6.07, 6.45) is 0. The van der Waals surface area contributed by atoms with Crippen molar-refractivity contribution in [3.63, 3.8) is 0 Å². The quantitative estimate of drug-likeness (QED) is 0.823. The van der Waals surface area contributed by atoms with E-state index < -0.39 is 0 Å². The van der Waals surface area contributed by atoms with E-state index in [9.17, 15) is 0 Å². The second kappa shape index (κ2) is 5.23. The van der Waals surface area contributed by atoms with E-state index in [2.05, 4.69) is 31.2 Å². The molecule has 1 aromatic carbocycles.